The van der Waals surface area contributed by atoms with E-state index in [0.29, 0.717) is 7.25 Å². The first-order valence-electron chi connectivity index (χ1n) is 23.6. The van der Waals surface area contributed by atoms with Gasteiger partial charge >= 0.3 is 361 Å². The first-order chi connectivity index (χ1) is 27.6. The van der Waals surface area contributed by atoms with E-state index in [9.17, 15) is 0 Å². The van der Waals surface area contributed by atoms with Gasteiger partial charge < -0.3 is 0 Å². The Bertz CT molecular complexity index is 2110. The molecule has 0 aromatic heterocycles. The standard InChI is InChI=1S/2C25H31Si.C3H7.CH3.2ClH.H2Si.Zr/c2*1-26(2,3)23-14-12-21(13-15-23)24-11-7-10-22-17-20(18-25(22)24)16-19-8-5-4-6-9-19;1-3-2;;;;;/h2*7,10-15,17-19H,4-6,8-9,16H2,1-3H3;1,3H2,2H3;1H3;2*1H;1H2;. The van der Waals surface area contributed by atoms with Gasteiger partial charge in [0.25, 0.3) is 0 Å². The van der Waals surface area contributed by atoms with Gasteiger partial charge in [0.15, 0.2) is 0 Å². The predicted octanol–water partition coefficient (Wildman–Crippen LogP) is 15.6. The van der Waals surface area contributed by atoms with Crippen molar-refractivity contribution >= 4 is 70.4 Å². The molecule has 0 amide bonds. The molecule has 60 heavy (non-hydrogen) atoms. The van der Waals surface area contributed by atoms with Crippen LogP contribution in [0.25, 0.3) is 34.4 Å². The van der Waals surface area contributed by atoms with Crippen LogP contribution < -0.4 is 10.4 Å². The van der Waals surface area contributed by atoms with Crippen molar-refractivity contribution in [1.29, 1.82) is 0 Å². The number of rotatable bonds is 12. The Kier molecular flexibility index (Phi) is 15.1. The minimum Gasteiger partial charge on any atom is -0.147 e. The minimum absolute atomic E-state index is 0. The van der Waals surface area contributed by atoms with E-state index in [1.165, 1.54) is 110 Å². The molecule has 2 saturated carbocycles. The van der Waals surface area contributed by atoms with E-state index in [2.05, 4.69) is 155 Å². The smallest absolute Gasteiger partial charge is 0.147 e. The van der Waals surface area contributed by atoms with E-state index in [-0.39, 0.29) is 24.8 Å². The third-order valence-corrected chi connectivity index (χ3v) is 43.3. The molecule has 2 fully saturated rings. The molecule has 2 atom stereocenters. The normalized spacial score (nSPS) is 20.1. The Hall–Kier alpha value is -1.53. The summed E-state index contributed by atoms with van der Waals surface area (Å²) in [6.07, 6.45) is 23.7. The maximum absolute atomic E-state index is 3.95. The van der Waals surface area contributed by atoms with Gasteiger partial charge in [-0.15, -0.1) is 24.8 Å². The summed E-state index contributed by atoms with van der Waals surface area (Å²) in [4.78, 5) is 0. The predicted molar refractivity (Wildman–Crippen MR) is 278 cm³/mol. The molecule has 0 aliphatic heterocycles. The van der Waals surface area contributed by atoms with Gasteiger partial charge in [-0.3, -0.25) is 0 Å². The van der Waals surface area contributed by atoms with Crippen LogP contribution in [-0.4, -0.2) is 23.0 Å². The minimum atomic E-state index is -3.95. The van der Waals surface area contributed by atoms with Crippen molar-refractivity contribution in [2.75, 3.05) is 0 Å². The van der Waals surface area contributed by atoms with E-state index >= 15 is 0 Å². The second kappa shape index (κ2) is 18.9. The zero-order valence-corrected chi connectivity index (χ0v) is 46.0. The Balaban J connectivity index is 0.00000302. The number of allylic oxidation sites excluding steroid dienone is 2. The summed E-state index contributed by atoms with van der Waals surface area (Å²) in [5, 5.41) is 3.11. The van der Waals surface area contributed by atoms with Crippen molar-refractivity contribution in [2.45, 2.75) is 146 Å². The fourth-order valence-electron chi connectivity index (χ4n) is 12.7. The molecule has 6 heteroatoms. The van der Waals surface area contributed by atoms with Gasteiger partial charge in [-0.05, 0) is 0 Å². The summed E-state index contributed by atoms with van der Waals surface area (Å²) in [7, 11) is -2.76. The van der Waals surface area contributed by atoms with E-state index in [4.69, 9.17) is 0 Å². The van der Waals surface area contributed by atoms with Gasteiger partial charge in [0.1, 0.15) is 0 Å². The van der Waals surface area contributed by atoms with Crippen LogP contribution in [0.1, 0.15) is 120 Å². The molecule has 0 heterocycles. The van der Waals surface area contributed by atoms with Crippen molar-refractivity contribution in [2.24, 2.45) is 11.8 Å². The zero-order valence-electron chi connectivity index (χ0n) is 38.5. The molecule has 0 saturated heterocycles. The molecule has 0 bridgehead atoms. The van der Waals surface area contributed by atoms with Gasteiger partial charge in [-0.2, -0.15) is 0 Å². The summed E-state index contributed by atoms with van der Waals surface area (Å²) >= 11 is -3.95. The van der Waals surface area contributed by atoms with Crippen molar-refractivity contribution in [3.05, 3.63) is 118 Å². The Morgan fingerprint density at radius 2 is 0.900 bits per heavy atom. The Morgan fingerprint density at radius 3 is 1.23 bits per heavy atom. The van der Waals surface area contributed by atoms with Gasteiger partial charge in [0, 0.05) is 0 Å². The van der Waals surface area contributed by atoms with Crippen molar-refractivity contribution in [3.63, 3.8) is 0 Å². The Labute approximate surface area is 382 Å². The molecular formula is C54H76Cl2Si3Zr. The molecular weight excluding hydrogens is 895 g/mol. The maximum atomic E-state index is 3.00. The second-order valence-electron chi connectivity index (χ2n) is 22.3. The Morgan fingerprint density at radius 1 is 0.533 bits per heavy atom. The summed E-state index contributed by atoms with van der Waals surface area (Å²) in [6, 6.07) is 34.7. The van der Waals surface area contributed by atoms with Crippen LogP contribution in [0.15, 0.2) is 96.1 Å². The summed E-state index contributed by atoms with van der Waals surface area (Å²) in [5.74, 6) is 1.67. The average molecular weight is 972 g/mol. The SMILES string of the molecule is CC[CH2][Zr]([CH3])(=[SiH2])([CH]1C(CC2CCCCC2)=Cc2c(-c3ccc([Si](C)(C)C)cc3)cccc21)[CH]1C(CC2CCCCC2)=Cc2c(-c3ccc([Si](C)(C)C)cc3)cccc21.Cl.Cl. The topological polar surface area (TPSA) is 0 Å². The van der Waals surface area contributed by atoms with Gasteiger partial charge in [-0.1, -0.05) is 0 Å². The van der Waals surface area contributed by atoms with Crippen LogP contribution in [0.5, 0.6) is 0 Å². The van der Waals surface area contributed by atoms with E-state index in [0.717, 1.165) is 11.8 Å². The number of hydrogen-bond acceptors (Lipinski definition) is 0. The third kappa shape index (κ3) is 9.47. The van der Waals surface area contributed by atoms with Crippen LogP contribution in [0, 0.1) is 11.8 Å². The van der Waals surface area contributed by atoms with E-state index in [1.807, 2.05) is 11.1 Å². The van der Waals surface area contributed by atoms with Gasteiger partial charge in [0.05, 0.1) is 0 Å². The molecule has 0 N–H and O–H groups in total. The molecule has 0 nitrogen and oxygen atoms in total. The molecule has 8 rings (SSSR count). The van der Waals surface area contributed by atoms with E-state index in [1.54, 1.807) is 32.6 Å². The first kappa shape index (κ1) is 47.9. The first-order valence-corrected chi connectivity index (χ1v) is 43.5. The van der Waals surface area contributed by atoms with Crippen LogP contribution >= 0.6 is 24.8 Å². The molecule has 322 valence electrons. The van der Waals surface area contributed by atoms with Crippen molar-refractivity contribution < 1.29 is 17.4 Å². The molecule has 2 unspecified atom stereocenters. The number of fused-ring (bicyclic) bond motifs is 2. The fourth-order valence-corrected chi connectivity index (χ4v) is 40.9. The zero-order chi connectivity index (χ0) is 40.9. The van der Waals surface area contributed by atoms with Gasteiger partial charge in [0.2, 0.25) is 0 Å². The maximum Gasteiger partial charge on any atom is -0.147 e. The van der Waals surface area contributed by atoms with E-state index < -0.39 is 33.5 Å². The summed E-state index contributed by atoms with van der Waals surface area (Å²) in [5.41, 5.74) is 15.9. The second-order valence-corrected chi connectivity index (χ2v) is 60.8. The van der Waals surface area contributed by atoms with Crippen LogP contribution in [0.2, 0.25) is 48.0 Å². The molecule has 4 aromatic carbocycles. The molecule has 4 aromatic rings. The third-order valence-electron chi connectivity index (χ3n) is 15.6. The molecule has 4 aliphatic rings. The van der Waals surface area contributed by atoms with Crippen LogP contribution in [0.3, 0.4) is 0 Å². The number of halogens is 2. The van der Waals surface area contributed by atoms with Gasteiger partial charge in [-0.25, -0.2) is 0 Å². The van der Waals surface area contributed by atoms with Crippen molar-refractivity contribution in [3.8, 4) is 22.3 Å². The number of benzene rings is 4. The fraction of sp³-hybridized carbons (Fsp3) is 0.481. The van der Waals surface area contributed by atoms with Crippen LogP contribution in [-0.2, 0) is 17.4 Å². The summed E-state index contributed by atoms with van der Waals surface area (Å²) < 4.78 is 5.59. The molecule has 4 aliphatic carbocycles. The average Bonchev–Trinajstić information content (AvgIpc) is 3.77. The molecule has 0 radical (unpaired) electrons. The number of hydrogen-bond donors (Lipinski definition) is 0. The molecule has 0 spiro atoms. The quantitative estimate of drug-likeness (QED) is 0.124. The monoisotopic (exact) mass is 968 g/mol. The largest absolute Gasteiger partial charge is 0.147 e. The van der Waals surface area contributed by atoms with Crippen LogP contribution in [0.4, 0.5) is 0 Å². The summed E-state index contributed by atoms with van der Waals surface area (Å²) in [6.45, 7) is 20.0. The van der Waals surface area contributed by atoms with Crippen molar-refractivity contribution in [1.82, 2.24) is 0 Å².